The maximum atomic E-state index is 12.2. The molecule has 0 aromatic carbocycles. The first kappa shape index (κ1) is 12.8. The van der Waals surface area contributed by atoms with Crippen molar-refractivity contribution in [1.82, 2.24) is 9.80 Å². The molecule has 4 nitrogen and oxygen atoms in total. The summed E-state index contributed by atoms with van der Waals surface area (Å²) in [5.74, 6) is 0.216. The van der Waals surface area contributed by atoms with Crippen LogP contribution < -0.4 is 5.73 Å². The molecule has 0 unspecified atom stereocenters. The minimum absolute atomic E-state index is 0.216. The molecule has 1 amide bonds. The Morgan fingerprint density at radius 2 is 1.82 bits per heavy atom. The van der Waals surface area contributed by atoms with E-state index in [-0.39, 0.29) is 5.91 Å². The zero-order chi connectivity index (χ0) is 12.5. The average Bonchev–Trinajstić information content (AvgIpc) is 2.27. The molecular weight excluding hydrogens is 214 g/mol. The highest BCUT2D eigenvalue weighted by Gasteiger charge is 2.34. The van der Waals surface area contributed by atoms with Crippen LogP contribution in [0.4, 0.5) is 0 Å². The third kappa shape index (κ3) is 2.63. The summed E-state index contributed by atoms with van der Waals surface area (Å²) in [7, 11) is 0. The van der Waals surface area contributed by atoms with E-state index in [2.05, 4.69) is 4.90 Å². The molecule has 2 rings (SSSR count). The van der Waals surface area contributed by atoms with Crippen molar-refractivity contribution in [3.05, 3.63) is 0 Å². The molecule has 1 aliphatic carbocycles. The summed E-state index contributed by atoms with van der Waals surface area (Å²) in [5.41, 5.74) is 5.26. The van der Waals surface area contributed by atoms with Crippen LogP contribution in [0.3, 0.4) is 0 Å². The van der Waals surface area contributed by atoms with Crippen molar-refractivity contribution in [2.75, 3.05) is 32.7 Å². The predicted molar refractivity (Wildman–Crippen MR) is 68.6 cm³/mol. The zero-order valence-electron chi connectivity index (χ0n) is 11.1. The molecule has 4 heteroatoms. The van der Waals surface area contributed by atoms with Gasteiger partial charge in [0.1, 0.15) is 0 Å². The molecule has 98 valence electrons. The Hall–Kier alpha value is -0.610. The summed E-state index contributed by atoms with van der Waals surface area (Å²) in [6.45, 7) is 8.13. The van der Waals surface area contributed by atoms with E-state index in [1.54, 1.807) is 0 Å². The molecule has 17 heavy (non-hydrogen) atoms. The first-order chi connectivity index (χ1) is 8.04. The van der Waals surface area contributed by atoms with Crippen molar-refractivity contribution in [1.29, 1.82) is 0 Å². The molecule has 0 radical (unpaired) electrons. The lowest BCUT2D eigenvalue weighted by molar-refractivity contribution is -0.142. The first-order valence-corrected chi connectivity index (χ1v) is 6.78. The standard InChI is InChI=1S/C13H25N3O/c1-13(2,10-14)12(17)16-8-6-15(7-9-16)11-4-3-5-11/h11H,3-10,14H2,1-2H3. The fraction of sp³-hybridized carbons (Fsp3) is 0.923. The van der Waals surface area contributed by atoms with Crippen molar-refractivity contribution in [2.45, 2.75) is 39.2 Å². The van der Waals surface area contributed by atoms with E-state index >= 15 is 0 Å². The second-order valence-corrected chi connectivity index (χ2v) is 6.00. The fourth-order valence-corrected chi connectivity index (χ4v) is 2.56. The molecule has 1 saturated carbocycles. The molecule has 1 heterocycles. The van der Waals surface area contributed by atoms with Gasteiger partial charge in [0.25, 0.3) is 0 Å². The van der Waals surface area contributed by atoms with Crippen LogP contribution in [0.2, 0.25) is 0 Å². The zero-order valence-corrected chi connectivity index (χ0v) is 11.1. The normalized spacial score (nSPS) is 23.6. The van der Waals surface area contributed by atoms with Crippen LogP contribution in [-0.4, -0.2) is 54.5 Å². The minimum atomic E-state index is -0.404. The lowest BCUT2D eigenvalue weighted by Gasteiger charge is -2.44. The highest BCUT2D eigenvalue weighted by atomic mass is 16.2. The molecule has 1 saturated heterocycles. The van der Waals surface area contributed by atoms with Gasteiger partial charge in [-0.15, -0.1) is 0 Å². The highest BCUT2D eigenvalue weighted by molar-refractivity contribution is 5.82. The largest absolute Gasteiger partial charge is 0.340 e. The molecule has 0 aromatic heterocycles. The van der Waals surface area contributed by atoms with Crippen LogP contribution >= 0.6 is 0 Å². The number of hydrogen-bond acceptors (Lipinski definition) is 3. The summed E-state index contributed by atoms with van der Waals surface area (Å²) in [4.78, 5) is 16.8. The third-order valence-corrected chi connectivity index (χ3v) is 4.28. The molecule has 2 aliphatic rings. The van der Waals surface area contributed by atoms with Crippen LogP contribution in [-0.2, 0) is 4.79 Å². The molecule has 1 aliphatic heterocycles. The van der Waals surface area contributed by atoms with Crippen molar-refractivity contribution in [3.8, 4) is 0 Å². The van der Waals surface area contributed by atoms with Crippen LogP contribution in [0.15, 0.2) is 0 Å². The summed E-state index contributed by atoms with van der Waals surface area (Å²) in [6, 6.07) is 0.801. The van der Waals surface area contributed by atoms with Crippen molar-refractivity contribution in [3.63, 3.8) is 0 Å². The predicted octanol–water partition coefficient (Wildman–Crippen LogP) is 0.668. The van der Waals surface area contributed by atoms with E-state index in [0.29, 0.717) is 6.54 Å². The van der Waals surface area contributed by atoms with E-state index in [9.17, 15) is 4.79 Å². The Morgan fingerprint density at radius 1 is 1.24 bits per heavy atom. The van der Waals surface area contributed by atoms with Crippen LogP contribution in [0.5, 0.6) is 0 Å². The topological polar surface area (TPSA) is 49.6 Å². The second kappa shape index (κ2) is 4.94. The summed E-state index contributed by atoms with van der Waals surface area (Å²) < 4.78 is 0. The fourth-order valence-electron chi connectivity index (χ4n) is 2.56. The Bertz CT molecular complexity index is 278. The van der Waals surface area contributed by atoms with Gasteiger partial charge in [0, 0.05) is 38.8 Å². The van der Waals surface area contributed by atoms with Gasteiger partial charge in [-0.2, -0.15) is 0 Å². The average molecular weight is 239 g/mol. The van der Waals surface area contributed by atoms with E-state index in [4.69, 9.17) is 5.73 Å². The number of rotatable bonds is 3. The van der Waals surface area contributed by atoms with Crippen LogP contribution in [0.1, 0.15) is 33.1 Å². The molecule has 2 fully saturated rings. The summed E-state index contributed by atoms with van der Waals surface area (Å²) >= 11 is 0. The number of carbonyl (C=O) groups is 1. The molecular formula is C13H25N3O. The number of carbonyl (C=O) groups excluding carboxylic acids is 1. The van der Waals surface area contributed by atoms with Crippen molar-refractivity contribution in [2.24, 2.45) is 11.1 Å². The second-order valence-electron chi connectivity index (χ2n) is 6.00. The molecule has 0 bridgehead atoms. The van der Waals surface area contributed by atoms with Gasteiger partial charge >= 0.3 is 0 Å². The van der Waals surface area contributed by atoms with Crippen LogP contribution in [0.25, 0.3) is 0 Å². The van der Waals surface area contributed by atoms with Gasteiger partial charge < -0.3 is 10.6 Å². The van der Waals surface area contributed by atoms with Crippen LogP contribution in [0, 0.1) is 5.41 Å². The van der Waals surface area contributed by atoms with Gasteiger partial charge in [-0.3, -0.25) is 9.69 Å². The van der Waals surface area contributed by atoms with E-state index < -0.39 is 5.41 Å². The maximum Gasteiger partial charge on any atom is 0.229 e. The molecule has 0 spiro atoms. The Balaban J connectivity index is 1.84. The van der Waals surface area contributed by atoms with E-state index in [1.807, 2.05) is 18.7 Å². The Labute approximate surface area is 104 Å². The Morgan fingerprint density at radius 3 is 2.24 bits per heavy atom. The van der Waals surface area contributed by atoms with E-state index in [1.165, 1.54) is 19.3 Å². The van der Waals surface area contributed by atoms with Crippen molar-refractivity contribution < 1.29 is 4.79 Å². The van der Waals surface area contributed by atoms with Crippen molar-refractivity contribution >= 4 is 5.91 Å². The van der Waals surface area contributed by atoms with Gasteiger partial charge in [0.15, 0.2) is 0 Å². The molecule has 0 aromatic rings. The summed E-state index contributed by atoms with van der Waals surface area (Å²) in [5, 5.41) is 0. The maximum absolute atomic E-state index is 12.2. The highest BCUT2D eigenvalue weighted by Crippen LogP contribution is 2.26. The number of piperazine rings is 1. The van der Waals surface area contributed by atoms with E-state index in [0.717, 1.165) is 32.2 Å². The molecule has 2 N–H and O–H groups in total. The van der Waals surface area contributed by atoms with Gasteiger partial charge in [-0.25, -0.2) is 0 Å². The van der Waals surface area contributed by atoms with Gasteiger partial charge in [0.05, 0.1) is 5.41 Å². The number of amides is 1. The quantitative estimate of drug-likeness (QED) is 0.787. The third-order valence-electron chi connectivity index (χ3n) is 4.28. The summed E-state index contributed by atoms with van der Waals surface area (Å²) in [6.07, 6.45) is 4.08. The lowest BCUT2D eigenvalue weighted by atomic mass is 9.90. The molecule has 0 atom stereocenters. The minimum Gasteiger partial charge on any atom is -0.340 e. The monoisotopic (exact) mass is 239 g/mol. The smallest absolute Gasteiger partial charge is 0.229 e. The number of nitrogens with zero attached hydrogens (tertiary/aromatic N) is 2. The van der Waals surface area contributed by atoms with Gasteiger partial charge in [-0.05, 0) is 26.7 Å². The SMILES string of the molecule is CC(C)(CN)C(=O)N1CCN(C2CCC2)CC1. The van der Waals surface area contributed by atoms with Gasteiger partial charge in [-0.1, -0.05) is 6.42 Å². The number of nitrogens with two attached hydrogens (primary N) is 1. The van der Waals surface area contributed by atoms with Gasteiger partial charge in [0.2, 0.25) is 5.91 Å². The lowest BCUT2D eigenvalue weighted by Crippen LogP contribution is -2.56. The Kier molecular flexibility index (Phi) is 3.73. The first-order valence-electron chi connectivity index (χ1n) is 6.78. The number of hydrogen-bond donors (Lipinski definition) is 1.